The first-order valence-electron chi connectivity index (χ1n) is 8.77. The first-order valence-corrected chi connectivity index (χ1v) is 10.3. The van der Waals surface area contributed by atoms with Crippen LogP contribution in [0.25, 0.3) is 0 Å². The standard InChI is InChI=1S/C11H14N2O3S.C8H11N/c12-17(14,15)7-1-2-10-9(5-7)8-3-4-13-6-11(8)16-10;9-7-6-8-4-2-1-3-5-8/h1-2,5,8,11,13H,3-4,6H2,(H2,12,14,15);1-5H,6-7,9H2. The predicted molar refractivity (Wildman–Crippen MR) is 102 cm³/mol. The number of nitrogens with one attached hydrogen (secondary N) is 1. The smallest absolute Gasteiger partial charge is 0.238 e. The van der Waals surface area contributed by atoms with E-state index in [0.29, 0.717) is 0 Å². The Hall–Kier alpha value is -1.93. The Balaban J connectivity index is 0.000000185. The van der Waals surface area contributed by atoms with Crippen LogP contribution in [0, 0.1) is 0 Å². The molecule has 2 aromatic carbocycles. The third kappa shape index (κ3) is 4.42. The molecule has 1 fully saturated rings. The van der Waals surface area contributed by atoms with Crippen molar-refractivity contribution in [3.63, 3.8) is 0 Å². The zero-order valence-electron chi connectivity index (χ0n) is 14.6. The van der Waals surface area contributed by atoms with Crippen molar-refractivity contribution in [2.24, 2.45) is 10.9 Å². The number of ether oxygens (including phenoxy) is 1. The molecule has 140 valence electrons. The summed E-state index contributed by atoms with van der Waals surface area (Å²) in [5.74, 6) is 1.07. The molecule has 0 saturated carbocycles. The molecule has 1 saturated heterocycles. The number of sulfonamides is 1. The Morgan fingerprint density at radius 1 is 1.15 bits per heavy atom. The van der Waals surface area contributed by atoms with E-state index < -0.39 is 10.0 Å². The normalized spacial score (nSPS) is 21.0. The molecule has 2 aliphatic heterocycles. The minimum absolute atomic E-state index is 0.120. The average molecular weight is 375 g/mol. The van der Waals surface area contributed by atoms with Crippen LogP contribution in [0.3, 0.4) is 0 Å². The van der Waals surface area contributed by atoms with Crippen LogP contribution in [0.5, 0.6) is 5.75 Å². The maximum atomic E-state index is 11.3. The molecular formula is C19H25N3O3S. The number of piperidine rings is 1. The SMILES string of the molecule is NCCc1ccccc1.NS(=O)(=O)c1ccc2c(c1)C1CCNCC1O2. The quantitative estimate of drug-likeness (QED) is 0.751. The molecule has 5 N–H and O–H groups in total. The van der Waals surface area contributed by atoms with Gasteiger partial charge in [0.1, 0.15) is 11.9 Å². The van der Waals surface area contributed by atoms with Gasteiger partial charge >= 0.3 is 0 Å². The van der Waals surface area contributed by atoms with Crippen molar-refractivity contribution in [2.45, 2.75) is 29.8 Å². The van der Waals surface area contributed by atoms with Crippen molar-refractivity contribution in [1.82, 2.24) is 5.32 Å². The summed E-state index contributed by atoms with van der Waals surface area (Å²) in [6.45, 7) is 2.48. The highest BCUT2D eigenvalue weighted by molar-refractivity contribution is 7.89. The van der Waals surface area contributed by atoms with Crippen LogP contribution in [0.15, 0.2) is 53.4 Å². The van der Waals surface area contributed by atoms with E-state index in [0.717, 1.165) is 43.8 Å². The average Bonchev–Trinajstić information content (AvgIpc) is 3.01. The summed E-state index contributed by atoms with van der Waals surface area (Å²) in [4.78, 5) is 0.166. The molecule has 2 atom stereocenters. The van der Waals surface area contributed by atoms with Crippen LogP contribution >= 0.6 is 0 Å². The lowest BCUT2D eigenvalue weighted by Crippen LogP contribution is -2.39. The van der Waals surface area contributed by atoms with E-state index in [9.17, 15) is 8.42 Å². The van der Waals surface area contributed by atoms with Gasteiger partial charge in [-0.05, 0) is 49.7 Å². The zero-order chi connectivity index (χ0) is 18.6. The highest BCUT2D eigenvalue weighted by atomic mass is 32.2. The molecule has 0 aliphatic carbocycles. The third-order valence-electron chi connectivity index (χ3n) is 4.69. The Labute approximate surface area is 154 Å². The van der Waals surface area contributed by atoms with Gasteiger partial charge in [0.15, 0.2) is 0 Å². The minimum atomic E-state index is -3.63. The summed E-state index contributed by atoms with van der Waals surface area (Å²) < 4.78 is 28.4. The second-order valence-corrected chi connectivity index (χ2v) is 8.09. The lowest BCUT2D eigenvalue weighted by atomic mass is 9.90. The van der Waals surface area contributed by atoms with Gasteiger partial charge in [0, 0.05) is 18.0 Å². The van der Waals surface area contributed by atoms with Crippen LogP contribution in [-0.4, -0.2) is 34.2 Å². The van der Waals surface area contributed by atoms with Gasteiger partial charge in [-0.15, -0.1) is 0 Å². The molecule has 2 aromatic rings. The molecule has 7 heteroatoms. The van der Waals surface area contributed by atoms with Gasteiger partial charge in [-0.1, -0.05) is 30.3 Å². The van der Waals surface area contributed by atoms with Crippen molar-refractivity contribution in [3.8, 4) is 5.75 Å². The molecular weight excluding hydrogens is 350 g/mol. The largest absolute Gasteiger partial charge is 0.488 e. The van der Waals surface area contributed by atoms with Gasteiger partial charge in [0.2, 0.25) is 10.0 Å². The van der Waals surface area contributed by atoms with Crippen molar-refractivity contribution in [3.05, 3.63) is 59.7 Å². The minimum Gasteiger partial charge on any atom is -0.488 e. The number of rotatable bonds is 3. The van der Waals surface area contributed by atoms with Crippen LogP contribution in [0.2, 0.25) is 0 Å². The van der Waals surface area contributed by atoms with E-state index in [1.165, 1.54) is 11.6 Å². The number of fused-ring (bicyclic) bond motifs is 3. The number of primary sulfonamides is 1. The molecule has 4 rings (SSSR count). The summed E-state index contributed by atoms with van der Waals surface area (Å²) in [5.41, 5.74) is 7.66. The monoisotopic (exact) mass is 375 g/mol. The number of hydrogen-bond acceptors (Lipinski definition) is 5. The fraction of sp³-hybridized carbons (Fsp3) is 0.368. The van der Waals surface area contributed by atoms with Crippen LogP contribution in [-0.2, 0) is 16.4 Å². The predicted octanol–water partition coefficient (Wildman–Crippen LogP) is 1.36. The molecule has 2 aliphatic rings. The molecule has 2 unspecified atom stereocenters. The second kappa shape index (κ2) is 8.18. The molecule has 26 heavy (non-hydrogen) atoms. The molecule has 0 bridgehead atoms. The van der Waals surface area contributed by atoms with Gasteiger partial charge in [0.25, 0.3) is 0 Å². The number of hydrogen-bond donors (Lipinski definition) is 3. The third-order valence-corrected chi connectivity index (χ3v) is 5.60. The number of nitrogens with two attached hydrogens (primary N) is 2. The molecule has 0 spiro atoms. The lowest BCUT2D eigenvalue weighted by molar-refractivity contribution is 0.177. The van der Waals surface area contributed by atoms with Crippen LogP contribution in [0.1, 0.15) is 23.5 Å². The van der Waals surface area contributed by atoms with E-state index in [4.69, 9.17) is 15.6 Å². The fourth-order valence-corrected chi connectivity index (χ4v) is 3.93. The van der Waals surface area contributed by atoms with E-state index in [1.807, 2.05) is 18.2 Å². The fourth-order valence-electron chi connectivity index (χ4n) is 3.38. The Morgan fingerprint density at radius 2 is 1.92 bits per heavy atom. The molecule has 0 amide bonds. The van der Waals surface area contributed by atoms with Crippen molar-refractivity contribution in [2.75, 3.05) is 19.6 Å². The van der Waals surface area contributed by atoms with Gasteiger partial charge in [-0.3, -0.25) is 0 Å². The highest BCUT2D eigenvalue weighted by Gasteiger charge is 2.36. The highest BCUT2D eigenvalue weighted by Crippen LogP contribution is 2.41. The van der Waals surface area contributed by atoms with Gasteiger partial charge < -0.3 is 15.8 Å². The van der Waals surface area contributed by atoms with E-state index in [2.05, 4.69) is 17.4 Å². The number of benzene rings is 2. The van der Waals surface area contributed by atoms with E-state index in [-0.39, 0.29) is 16.9 Å². The topological polar surface area (TPSA) is 107 Å². The molecule has 2 heterocycles. The summed E-state index contributed by atoms with van der Waals surface area (Å²) in [6, 6.07) is 15.1. The maximum Gasteiger partial charge on any atom is 0.238 e. The van der Waals surface area contributed by atoms with Gasteiger partial charge in [-0.2, -0.15) is 0 Å². The van der Waals surface area contributed by atoms with Gasteiger partial charge in [0.05, 0.1) is 4.90 Å². The first-order chi connectivity index (χ1) is 12.5. The molecule has 0 radical (unpaired) electrons. The van der Waals surface area contributed by atoms with Crippen LogP contribution in [0.4, 0.5) is 0 Å². The lowest BCUT2D eigenvalue weighted by Gasteiger charge is -2.24. The second-order valence-electron chi connectivity index (χ2n) is 6.52. The first kappa shape index (κ1) is 18.8. The molecule has 6 nitrogen and oxygen atoms in total. The van der Waals surface area contributed by atoms with Crippen molar-refractivity contribution in [1.29, 1.82) is 0 Å². The summed E-state index contributed by atoms with van der Waals surface area (Å²) in [6.07, 6.45) is 2.07. The van der Waals surface area contributed by atoms with Crippen molar-refractivity contribution < 1.29 is 13.2 Å². The van der Waals surface area contributed by atoms with Crippen LogP contribution < -0.4 is 20.9 Å². The Bertz CT molecular complexity index is 840. The Kier molecular flexibility index (Phi) is 5.93. The van der Waals surface area contributed by atoms with E-state index >= 15 is 0 Å². The zero-order valence-corrected chi connectivity index (χ0v) is 15.4. The van der Waals surface area contributed by atoms with Crippen molar-refractivity contribution >= 4 is 10.0 Å². The Morgan fingerprint density at radius 3 is 2.62 bits per heavy atom. The maximum absolute atomic E-state index is 11.3. The van der Waals surface area contributed by atoms with Gasteiger partial charge in [-0.25, -0.2) is 13.6 Å². The van der Waals surface area contributed by atoms with E-state index in [1.54, 1.807) is 12.1 Å². The molecule has 0 aromatic heterocycles. The summed E-state index contributed by atoms with van der Waals surface area (Å²) in [5, 5.41) is 8.41. The summed E-state index contributed by atoms with van der Waals surface area (Å²) >= 11 is 0. The summed E-state index contributed by atoms with van der Waals surface area (Å²) in [7, 11) is -3.63.